The van der Waals surface area contributed by atoms with Crippen LogP contribution in [0.4, 0.5) is 0 Å². The Balaban J connectivity index is 1.93. The third-order valence-corrected chi connectivity index (χ3v) is 5.30. The summed E-state index contributed by atoms with van der Waals surface area (Å²) in [6.07, 6.45) is 0.168. The lowest BCUT2D eigenvalue weighted by atomic mass is 9.78. The standard InChI is InChI=1S/C25H31ClO6/c1-18(27)29-14-5-15-30-22-10-6-20(7-11-22)25(3,4)21-8-12-23(13-9-21)31-17-24(16-26)32-19(2)28/h6-13,24H,5,14-17H2,1-4H3. The highest BCUT2D eigenvalue weighted by molar-refractivity contribution is 6.18. The van der Waals surface area contributed by atoms with Crippen molar-refractivity contribution in [1.82, 2.24) is 0 Å². The van der Waals surface area contributed by atoms with Crippen LogP contribution in [0.2, 0.25) is 0 Å². The van der Waals surface area contributed by atoms with Crippen LogP contribution in [-0.2, 0) is 24.5 Å². The Labute approximate surface area is 194 Å². The summed E-state index contributed by atoms with van der Waals surface area (Å²) in [5.74, 6) is 0.978. The number of carbonyl (C=O) groups excluding carboxylic acids is 2. The zero-order valence-corrected chi connectivity index (χ0v) is 19.8. The lowest BCUT2D eigenvalue weighted by molar-refractivity contribution is -0.146. The summed E-state index contributed by atoms with van der Waals surface area (Å²) >= 11 is 5.81. The minimum atomic E-state index is -0.479. The number of benzene rings is 2. The molecule has 2 aromatic carbocycles. The lowest BCUT2D eigenvalue weighted by Crippen LogP contribution is -2.25. The monoisotopic (exact) mass is 462 g/mol. The predicted molar refractivity (Wildman–Crippen MR) is 124 cm³/mol. The maximum absolute atomic E-state index is 11.1. The average Bonchev–Trinajstić information content (AvgIpc) is 2.76. The van der Waals surface area contributed by atoms with Crippen molar-refractivity contribution in [3.8, 4) is 11.5 Å². The van der Waals surface area contributed by atoms with Crippen LogP contribution in [0, 0.1) is 0 Å². The van der Waals surface area contributed by atoms with Gasteiger partial charge in [-0.1, -0.05) is 38.1 Å². The van der Waals surface area contributed by atoms with Gasteiger partial charge in [0.1, 0.15) is 24.2 Å². The highest BCUT2D eigenvalue weighted by atomic mass is 35.5. The van der Waals surface area contributed by atoms with Gasteiger partial charge in [-0.2, -0.15) is 0 Å². The summed E-state index contributed by atoms with van der Waals surface area (Å²) in [5, 5.41) is 0. The minimum Gasteiger partial charge on any atom is -0.493 e. The largest absolute Gasteiger partial charge is 0.493 e. The first-order chi connectivity index (χ1) is 15.2. The molecule has 0 aromatic heterocycles. The summed E-state index contributed by atoms with van der Waals surface area (Å²) in [7, 11) is 0. The van der Waals surface area contributed by atoms with Crippen molar-refractivity contribution in [2.24, 2.45) is 0 Å². The van der Waals surface area contributed by atoms with Crippen LogP contribution in [0.3, 0.4) is 0 Å². The van der Waals surface area contributed by atoms with Gasteiger partial charge in [0.15, 0.2) is 0 Å². The number of ether oxygens (including phenoxy) is 4. The van der Waals surface area contributed by atoms with Crippen LogP contribution in [0.25, 0.3) is 0 Å². The van der Waals surface area contributed by atoms with Crippen LogP contribution >= 0.6 is 11.6 Å². The number of carbonyl (C=O) groups is 2. The van der Waals surface area contributed by atoms with Crippen LogP contribution in [-0.4, -0.2) is 43.7 Å². The van der Waals surface area contributed by atoms with E-state index in [1.54, 1.807) is 0 Å². The molecular formula is C25H31ClO6. The molecule has 2 rings (SSSR count). The second-order valence-corrected chi connectivity index (χ2v) is 8.22. The van der Waals surface area contributed by atoms with Gasteiger partial charge in [0.2, 0.25) is 0 Å². The van der Waals surface area contributed by atoms with Crippen molar-refractivity contribution >= 4 is 23.5 Å². The third-order valence-electron chi connectivity index (χ3n) is 4.96. The smallest absolute Gasteiger partial charge is 0.303 e. The van der Waals surface area contributed by atoms with Gasteiger partial charge in [-0.3, -0.25) is 9.59 Å². The molecule has 0 heterocycles. The van der Waals surface area contributed by atoms with Crippen molar-refractivity contribution in [3.05, 3.63) is 59.7 Å². The van der Waals surface area contributed by atoms with Crippen LogP contribution in [0.5, 0.6) is 11.5 Å². The van der Waals surface area contributed by atoms with Gasteiger partial charge in [-0.25, -0.2) is 0 Å². The summed E-state index contributed by atoms with van der Waals surface area (Å²) in [4.78, 5) is 21.8. The molecule has 0 bridgehead atoms. The molecule has 0 N–H and O–H groups in total. The third kappa shape index (κ3) is 8.08. The van der Waals surface area contributed by atoms with Gasteiger partial charge in [0.05, 0.1) is 19.1 Å². The Kier molecular flexibility index (Phi) is 9.85. The zero-order chi connectivity index (χ0) is 23.6. The van der Waals surface area contributed by atoms with Gasteiger partial charge in [-0.05, 0) is 35.4 Å². The fourth-order valence-corrected chi connectivity index (χ4v) is 3.25. The fourth-order valence-electron chi connectivity index (χ4n) is 3.10. The van der Waals surface area contributed by atoms with Gasteiger partial charge in [0, 0.05) is 25.7 Å². The van der Waals surface area contributed by atoms with E-state index in [1.165, 1.54) is 13.8 Å². The van der Waals surface area contributed by atoms with Gasteiger partial charge in [-0.15, -0.1) is 11.6 Å². The van der Waals surface area contributed by atoms with E-state index < -0.39 is 6.10 Å². The Morgan fingerprint density at radius 2 is 1.38 bits per heavy atom. The van der Waals surface area contributed by atoms with E-state index in [-0.39, 0.29) is 29.8 Å². The molecule has 2 aromatic rings. The fraction of sp³-hybridized carbons (Fsp3) is 0.440. The molecule has 0 spiro atoms. The summed E-state index contributed by atoms with van der Waals surface area (Å²) in [5.41, 5.74) is 2.06. The van der Waals surface area contributed by atoms with E-state index in [9.17, 15) is 9.59 Å². The predicted octanol–water partition coefficient (Wildman–Crippen LogP) is 4.89. The first-order valence-electron chi connectivity index (χ1n) is 10.6. The molecule has 0 radical (unpaired) electrons. The topological polar surface area (TPSA) is 71.1 Å². The normalized spacial score (nSPS) is 12.0. The van der Waals surface area contributed by atoms with E-state index in [4.69, 9.17) is 30.5 Å². The number of halogens is 1. The second-order valence-electron chi connectivity index (χ2n) is 7.91. The van der Waals surface area contributed by atoms with Crippen molar-refractivity contribution < 1.29 is 28.5 Å². The molecule has 174 valence electrons. The molecule has 32 heavy (non-hydrogen) atoms. The molecular weight excluding hydrogens is 432 g/mol. The molecule has 1 atom stereocenters. The number of hydrogen-bond donors (Lipinski definition) is 0. The number of esters is 2. The molecule has 0 aliphatic carbocycles. The highest BCUT2D eigenvalue weighted by Crippen LogP contribution is 2.33. The second kappa shape index (κ2) is 12.3. The zero-order valence-electron chi connectivity index (χ0n) is 19.1. The molecule has 0 fully saturated rings. The number of hydrogen-bond acceptors (Lipinski definition) is 6. The van der Waals surface area contributed by atoms with Crippen molar-refractivity contribution in [3.63, 3.8) is 0 Å². The maximum Gasteiger partial charge on any atom is 0.303 e. The van der Waals surface area contributed by atoms with Crippen LogP contribution in [0.1, 0.15) is 45.2 Å². The summed E-state index contributed by atoms with van der Waals surface area (Å²) in [6, 6.07) is 15.8. The molecule has 0 amide bonds. The summed E-state index contributed by atoms with van der Waals surface area (Å²) in [6.45, 7) is 8.10. The van der Waals surface area contributed by atoms with E-state index in [0.717, 1.165) is 16.9 Å². The number of alkyl halides is 1. The summed E-state index contributed by atoms with van der Waals surface area (Å²) < 4.78 is 21.4. The Hall–Kier alpha value is -2.73. The van der Waals surface area contributed by atoms with Gasteiger partial charge in [0.25, 0.3) is 0 Å². The van der Waals surface area contributed by atoms with Crippen molar-refractivity contribution in [2.45, 2.75) is 45.6 Å². The molecule has 0 aliphatic heterocycles. The van der Waals surface area contributed by atoms with Crippen LogP contribution < -0.4 is 9.47 Å². The van der Waals surface area contributed by atoms with Crippen LogP contribution in [0.15, 0.2) is 48.5 Å². The first-order valence-corrected chi connectivity index (χ1v) is 11.1. The van der Waals surface area contributed by atoms with E-state index >= 15 is 0 Å². The molecule has 0 saturated carbocycles. The lowest BCUT2D eigenvalue weighted by Gasteiger charge is -2.26. The number of rotatable bonds is 12. The Morgan fingerprint density at radius 3 is 1.84 bits per heavy atom. The molecule has 1 unspecified atom stereocenters. The minimum absolute atomic E-state index is 0.177. The highest BCUT2D eigenvalue weighted by Gasteiger charge is 2.23. The molecule has 7 heteroatoms. The van der Waals surface area contributed by atoms with Crippen molar-refractivity contribution in [1.29, 1.82) is 0 Å². The van der Waals surface area contributed by atoms with E-state index in [1.807, 2.05) is 36.4 Å². The van der Waals surface area contributed by atoms with Crippen molar-refractivity contribution in [2.75, 3.05) is 25.7 Å². The average molecular weight is 463 g/mol. The quantitative estimate of drug-likeness (QED) is 0.254. The van der Waals surface area contributed by atoms with E-state index in [2.05, 4.69) is 26.0 Å². The molecule has 0 saturated heterocycles. The SMILES string of the molecule is CC(=O)OCCCOc1ccc(C(C)(C)c2ccc(OCC(CCl)OC(C)=O)cc2)cc1. The van der Waals surface area contributed by atoms with Gasteiger partial charge < -0.3 is 18.9 Å². The van der Waals surface area contributed by atoms with E-state index in [0.29, 0.717) is 25.4 Å². The van der Waals surface area contributed by atoms with Gasteiger partial charge >= 0.3 is 11.9 Å². The molecule has 0 aliphatic rings. The Morgan fingerprint density at radius 1 is 0.844 bits per heavy atom. The maximum atomic E-state index is 11.1. The first kappa shape index (κ1) is 25.5. The Bertz CT molecular complexity index is 861. The molecule has 6 nitrogen and oxygen atoms in total.